The number of esters is 1. The third kappa shape index (κ3) is 3.49. The van der Waals surface area contributed by atoms with Crippen molar-refractivity contribution in [3.8, 4) is 0 Å². The van der Waals surface area contributed by atoms with E-state index in [2.05, 4.69) is 15.9 Å². The monoisotopic (exact) mass is 282 g/mol. The molecule has 86 valence electrons. The lowest BCUT2D eigenvalue weighted by molar-refractivity contribution is -0.138. The highest BCUT2D eigenvalue weighted by Crippen LogP contribution is 2.21. The highest BCUT2D eigenvalue weighted by molar-refractivity contribution is 9.10. The van der Waals surface area contributed by atoms with Crippen LogP contribution in [0.2, 0.25) is 0 Å². The Morgan fingerprint density at radius 1 is 1.50 bits per heavy atom. The maximum Gasteiger partial charge on any atom is 0.333 e. The standard InChI is InChI=1S/C13H15BrO2/c1-4-16-13(15)10(3)8-11-6-5-9(2)7-12(11)14/h5-8H,4H2,1-3H3/b10-8+. The molecule has 0 heterocycles. The van der Waals surface area contributed by atoms with Crippen molar-refractivity contribution in [3.63, 3.8) is 0 Å². The number of hydrogen-bond acceptors (Lipinski definition) is 2. The van der Waals surface area contributed by atoms with Crippen LogP contribution in [0, 0.1) is 6.92 Å². The molecule has 0 saturated carbocycles. The van der Waals surface area contributed by atoms with Gasteiger partial charge in [0.1, 0.15) is 0 Å². The lowest BCUT2D eigenvalue weighted by atomic mass is 10.1. The fourth-order valence-electron chi connectivity index (χ4n) is 1.29. The molecule has 0 saturated heterocycles. The van der Waals surface area contributed by atoms with E-state index in [9.17, 15) is 4.79 Å². The summed E-state index contributed by atoms with van der Waals surface area (Å²) in [7, 11) is 0. The van der Waals surface area contributed by atoms with E-state index < -0.39 is 0 Å². The van der Waals surface area contributed by atoms with Crippen LogP contribution in [-0.2, 0) is 9.53 Å². The van der Waals surface area contributed by atoms with Crippen LogP contribution in [0.1, 0.15) is 25.0 Å². The molecule has 1 rings (SSSR count). The summed E-state index contributed by atoms with van der Waals surface area (Å²) < 4.78 is 5.90. The van der Waals surface area contributed by atoms with Crippen molar-refractivity contribution in [2.24, 2.45) is 0 Å². The average molecular weight is 283 g/mol. The summed E-state index contributed by atoms with van der Waals surface area (Å²) in [5.41, 5.74) is 2.76. The molecule has 0 aromatic heterocycles. The summed E-state index contributed by atoms with van der Waals surface area (Å²) in [5.74, 6) is -0.269. The number of carbonyl (C=O) groups is 1. The summed E-state index contributed by atoms with van der Waals surface area (Å²) in [6, 6.07) is 6.00. The Balaban J connectivity index is 2.94. The molecular formula is C13H15BrO2. The molecule has 0 atom stereocenters. The molecule has 0 fully saturated rings. The number of carbonyl (C=O) groups excluding carboxylic acids is 1. The summed E-state index contributed by atoms with van der Waals surface area (Å²) >= 11 is 3.47. The third-order valence-electron chi connectivity index (χ3n) is 2.13. The van der Waals surface area contributed by atoms with Crippen molar-refractivity contribution < 1.29 is 9.53 Å². The Morgan fingerprint density at radius 2 is 2.19 bits per heavy atom. The van der Waals surface area contributed by atoms with Gasteiger partial charge in [-0.1, -0.05) is 28.1 Å². The molecule has 0 aliphatic carbocycles. The van der Waals surface area contributed by atoms with Gasteiger partial charge in [0.2, 0.25) is 0 Å². The van der Waals surface area contributed by atoms with Gasteiger partial charge in [0.25, 0.3) is 0 Å². The first-order valence-corrected chi connectivity index (χ1v) is 5.95. The van der Waals surface area contributed by atoms with E-state index >= 15 is 0 Å². The molecule has 3 heteroatoms. The van der Waals surface area contributed by atoms with E-state index in [1.165, 1.54) is 5.56 Å². The fourth-order valence-corrected chi connectivity index (χ4v) is 1.89. The topological polar surface area (TPSA) is 26.3 Å². The summed E-state index contributed by atoms with van der Waals surface area (Å²) in [4.78, 5) is 11.4. The minimum absolute atomic E-state index is 0.269. The third-order valence-corrected chi connectivity index (χ3v) is 2.81. The zero-order chi connectivity index (χ0) is 12.1. The van der Waals surface area contributed by atoms with Gasteiger partial charge >= 0.3 is 5.97 Å². The average Bonchev–Trinajstić information content (AvgIpc) is 2.22. The van der Waals surface area contributed by atoms with Crippen LogP contribution in [0.15, 0.2) is 28.2 Å². The minimum Gasteiger partial charge on any atom is -0.463 e. The van der Waals surface area contributed by atoms with E-state index in [1.807, 2.05) is 31.2 Å². The highest BCUT2D eigenvalue weighted by Gasteiger charge is 2.05. The Hall–Kier alpha value is -1.09. The maximum absolute atomic E-state index is 11.4. The number of aryl methyl sites for hydroxylation is 1. The van der Waals surface area contributed by atoms with E-state index in [4.69, 9.17) is 4.74 Å². The Kier molecular flexibility index (Phi) is 4.74. The predicted octanol–water partition coefficient (Wildman–Crippen LogP) is 3.72. The molecule has 1 aromatic carbocycles. The van der Waals surface area contributed by atoms with Gasteiger partial charge in [0.15, 0.2) is 0 Å². The lowest BCUT2D eigenvalue weighted by Gasteiger charge is -2.04. The molecule has 2 nitrogen and oxygen atoms in total. The summed E-state index contributed by atoms with van der Waals surface area (Å²) in [6.45, 7) is 5.98. The smallest absolute Gasteiger partial charge is 0.333 e. The van der Waals surface area contributed by atoms with Gasteiger partial charge in [-0.05, 0) is 44.0 Å². The van der Waals surface area contributed by atoms with Crippen LogP contribution >= 0.6 is 15.9 Å². The van der Waals surface area contributed by atoms with Gasteiger partial charge in [-0.3, -0.25) is 0 Å². The molecule has 0 aliphatic heterocycles. The van der Waals surface area contributed by atoms with E-state index in [0.29, 0.717) is 12.2 Å². The van der Waals surface area contributed by atoms with E-state index in [0.717, 1.165) is 10.0 Å². The van der Waals surface area contributed by atoms with E-state index in [1.54, 1.807) is 13.8 Å². The summed E-state index contributed by atoms with van der Waals surface area (Å²) in [5, 5.41) is 0. The second-order valence-corrected chi connectivity index (χ2v) is 4.43. The molecule has 0 spiro atoms. The van der Waals surface area contributed by atoms with Gasteiger partial charge in [-0.25, -0.2) is 4.79 Å². The first-order valence-electron chi connectivity index (χ1n) is 5.16. The van der Waals surface area contributed by atoms with Gasteiger partial charge in [-0.2, -0.15) is 0 Å². The second kappa shape index (κ2) is 5.85. The van der Waals surface area contributed by atoms with Gasteiger partial charge in [-0.15, -0.1) is 0 Å². The van der Waals surface area contributed by atoms with Gasteiger partial charge in [0, 0.05) is 10.0 Å². The Labute approximate surface area is 104 Å². The van der Waals surface area contributed by atoms with Gasteiger partial charge in [0.05, 0.1) is 6.61 Å². The van der Waals surface area contributed by atoms with Crippen LogP contribution < -0.4 is 0 Å². The number of rotatable bonds is 3. The maximum atomic E-state index is 11.4. The lowest BCUT2D eigenvalue weighted by Crippen LogP contribution is -2.04. The molecule has 16 heavy (non-hydrogen) atoms. The highest BCUT2D eigenvalue weighted by atomic mass is 79.9. The molecule has 0 radical (unpaired) electrons. The van der Waals surface area contributed by atoms with Crippen LogP contribution in [0.5, 0.6) is 0 Å². The molecule has 0 aliphatic rings. The fraction of sp³-hybridized carbons (Fsp3) is 0.308. The van der Waals surface area contributed by atoms with Crippen molar-refractivity contribution in [1.29, 1.82) is 0 Å². The SMILES string of the molecule is CCOC(=O)/C(C)=C/c1ccc(C)cc1Br. The van der Waals surface area contributed by atoms with Crippen LogP contribution in [0.3, 0.4) is 0 Å². The number of halogens is 1. The zero-order valence-corrected chi connectivity index (χ0v) is 11.3. The van der Waals surface area contributed by atoms with Crippen LogP contribution in [-0.4, -0.2) is 12.6 Å². The zero-order valence-electron chi connectivity index (χ0n) is 9.71. The Morgan fingerprint density at radius 3 is 2.75 bits per heavy atom. The van der Waals surface area contributed by atoms with E-state index in [-0.39, 0.29) is 5.97 Å². The Bertz CT molecular complexity index is 422. The van der Waals surface area contributed by atoms with Crippen molar-refractivity contribution >= 4 is 28.0 Å². The number of hydrogen-bond donors (Lipinski definition) is 0. The largest absolute Gasteiger partial charge is 0.463 e. The first-order chi connectivity index (χ1) is 7.54. The van der Waals surface area contributed by atoms with Crippen molar-refractivity contribution in [2.75, 3.05) is 6.61 Å². The first kappa shape index (κ1) is 13.0. The van der Waals surface area contributed by atoms with Crippen molar-refractivity contribution in [3.05, 3.63) is 39.4 Å². The van der Waals surface area contributed by atoms with Crippen LogP contribution in [0.25, 0.3) is 6.08 Å². The minimum atomic E-state index is -0.269. The van der Waals surface area contributed by atoms with Crippen LogP contribution in [0.4, 0.5) is 0 Å². The molecular weight excluding hydrogens is 268 g/mol. The summed E-state index contributed by atoms with van der Waals surface area (Å²) in [6.07, 6.45) is 1.82. The second-order valence-electron chi connectivity index (χ2n) is 3.57. The molecule has 0 unspecified atom stereocenters. The normalized spacial score (nSPS) is 11.4. The number of ether oxygens (including phenoxy) is 1. The van der Waals surface area contributed by atoms with Crippen molar-refractivity contribution in [1.82, 2.24) is 0 Å². The predicted molar refractivity (Wildman–Crippen MR) is 69.2 cm³/mol. The molecule has 1 aromatic rings. The van der Waals surface area contributed by atoms with Gasteiger partial charge < -0.3 is 4.74 Å². The molecule has 0 bridgehead atoms. The van der Waals surface area contributed by atoms with Crippen molar-refractivity contribution in [2.45, 2.75) is 20.8 Å². The number of benzene rings is 1. The molecule has 0 N–H and O–H groups in total. The molecule has 0 amide bonds. The quantitative estimate of drug-likeness (QED) is 0.624.